The molecule has 0 bridgehead atoms. The number of nitrogen functional groups attached to an aromatic ring is 1. The summed E-state index contributed by atoms with van der Waals surface area (Å²) in [6.45, 7) is 1.35. The number of benzene rings is 1. The minimum atomic E-state index is -1.15. The molecule has 0 aromatic heterocycles. The van der Waals surface area contributed by atoms with Gasteiger partial charge < -0.3 is 21.1 Å². The van der Waals surface area contributed by atoms with Crippen LogP contribution >= 0.6 is 0 Å². The number of carboxylic acid groups (broad SMARTS) is 1. The zero-order valence-corrected chi connectivity index (χ0v) is 12.2. The molecule has 0 unspecified atom stereocenters. The summed E-state index contributed by atoms with van der Waals surface area (Å²) in [7, 11) is 2.07. The number of nitrogens with two attached hydrogens (primary N) is 1. The second kappa shape index (κ2) is 6.76. The lowest BCUT2D eigenvalue weighted by Gasteiger charge is -2.24. The average molecular weight is 295 g/mol. The van der Waals surface area contributed by atoms with E-state index >= 15 is 0 Å². The highest BCUT2D eigenvalue weighted by Gasteiger charge is 2.19. The molecule has 21 heavy (non-hydrogen) atoms. The van der Waals surface area contributed by atoms with Crippen molar-refractivity contribution in [3.8, 4) is 0 Å². The van der Waals surface area contributed by atoms with Gasteiger partial charge in [-0.15, -0.1) is 0 Å². The number of hydrogen-bond donors (Lipinski definition) is 3. The van der Waals surface area contributed by atoms with E-state index in [9.17, 15) is 9.18 Å². The highest BCUT2D eigenvalue weighted by atomic mass is 19.1. The summed E-state index contributed by atoms with van der Waals surface area (Å²) < 4.78 is 13.8. The van der Waals surface area contributed by atoms with Crippen molar-refractivity contribution in [2.45, 2.75) is 31.7 Å². The largest absolute Gasteiger partial charge is 0.478 e. The van der Waals surface area contributed by atoms with E-state index in [1.54, 1.807) is 0 Å². The van der Waals surface area contributed by atoms with Gasteiger partial charge in [-0.1, -0.05) is 12.8 Å². The zero-order chi connectivity index (χ0) is 15.4. The Morgan fingerprint density at radius 1 is 1.48 bits per heavy atom. The molecule has 116 valence electrons. The second-order valence-corrected chi connectivity index (χ2v) is 5.57. The van der Waals surface area contributed by atoms with Gasteiger partial charge >= 0.3 is 5.97 Å². The predicted molar refractivity (Wildman–Crippen MR) is 81.1 cm³/mol. The summed E-state index contributed by atoms with van der Waals surface area (Å²) in [5.74, 6) is -1.68. The minimum Gasteiger partial charge on any atom is -0.478 e. The summed E-state index contributed by atoms with van der Waals surface area (Å²) in [5, 5.41) is 12.0. The fraction of sp³-hybridized carbons (Fsp3) is 0.533. The van der Waals surface area contributed by atoms with Gasteiger partial charge in [0.15, 0.2) is 0 Å². The van der Waals surface area contributed by atoms with Crippen LogP contribution in [0.5, 0.6) is 0 Å². The van der Waals surface area contributed by atoms with E-state index in [1.165, 1.54) is 31.7 Å². The van der Waals surface area contributed by atoms with Crippen LogP contribution in [0.2, 0.25) is 0 Å². The molecule has 0 aliphatic heterocycles. The first-order valence-corrected chi connectivity index (χ1v) is 7.25. The van der Waals surface area contributed by atoms with Gasteiger partial charge in [-0.05, 0) is 32.0 Å². The number of carbonyl (C=O) groups is 1. The van der Waals surface area contributed by atoms with Crippen molar-refractivity contribution in [3.63, 3.8) is 0 Å². The molecule has 6 heteroatoms. The van der Waals surface area contributed by atoms with E-state index in [0.717, 1.165) is 12.6 Å². The SMILES string of the molecule is CN(CCNc1cc(C(=O)O)c(N)cc1F)C1CCCC1. The molecule has 1 aromatic carbocycles. The third-order valence-corrected chi connectivity index (χ3v) is 4.10. The molecule has 0 amide bonds. The van der Waals surface area contributed by atoms with Crippen molar-refractivity contribution in [3.05, 3.63) is 23.5 Å². The van der Waals surface area contributed by atoms with Crippen molar-refractivity contribution in [1.29, 1.82) is 0 Å². The van der Waals surface area contributed by atoms with Gasteiger partial charge in [0.25, 0.3) is 0 Å². The van der Waals surface area contributed by atoms with Crippen LogP contribution in [0, 0.1) is 5.82 Å². The predicted octanol–water partition coefficient (Wildman–Crippen LogP) is 2.39. The fourth-order valence-electron chi connectivity index (χ4n) is 2.80. The summed E-state index contributed by atoms with van der Waals surface area (Å²) in [5.41, 5.74) is 5.53. The monoisotopic (exact) mass is 295 g/mol. The van der Waals surface area contributed by atoms with Crippen LogP contribution in [0.3, 0.4) is 0 Å². The second-order valence-electron chi connectivity index (χ2n) is 5.57. The number of carboxylic acids is 1. The molecule has 1 aromatic rings. The molecule has 0 atom stereocenters. The van der Waals surface area contributed by atoms with Crippen LogP contribution in [0.4, 0.5) is 15.8 Å². The summed E-state index contributed by atoms with van der Waals surface area (Å²) >= 11 is 0. The molecular formula is C15H22FN3O2. The van der Waals surface area contributed by atoms with Gasteiger partial charge in [-0.3, -0.25) is 0 Å². The normalized spacial score (nSPS) is 15.6. The van der Waals surface area contributed by atoms with Gasteiger partial charge in [0, 0.05) is 24.8 Å². The number of likely N-dealkylation sites (N-methyl/N-ethyl adjacent to an activating group) is 1. The Kier molecular flexibility index (Phi) is 5.01. The van der Waals surface area contributed by atoms with Crippen LogP contribution in [-0.2, 0) is 0 Å². The molecule has 2 rings (SSSR count). The fourth-order valence-corrected chi connectivity index (χ4v) is 2.80. The van der Waals surface area contributed by atoms with E-state index in [0.29, 0.717) is 12.6 Å². The number of halogens is 1. The van der Waals surface area contributed by atoms with Gasteiger partial charge in [-0.2, -0.15) is 0 Å². The first-order valence-electron chi connectivity index (χ1n) is 7.25. The standard InChI is InChI=1S/C15H22FN3O2/c1-19(10-4-2-3-5-10)7-6-18-14-8-11(15(20)21)13(17)9-12(14)16/h8-10,18H,2-7,17H2,1H3,(H,20,21). The van der Waals surface area contributed by atoms with Crippen molar-refractivity contribution < 1.29 is 14.3 Å². The van der Waals surface area contributed by atoms with E-state index in [4.69, 9.17) is 10.8 Å². The summed E-state index contributed by atoms with van der Waals surface area (Å²) in [4.78, 5) is 13.3. The molecular weight excluding hydrogens is 273 g/mol. The number of nitrogens with one attached hydrogen (secondary N) is 1. The van der Waals surface area contributed by atoms with Crippen LogP contribution in [-0.4, -0.2) is 42.2 Å². The van der Waals surface area contributed by atoms with E-state index in [-0.39, 0.29) is 16.9 Å². The van der Waals surface area contributed by atoms with Crippen molar-refractivity contribution in [2.75, 3.05) is 31.2 Å². The Hall–Kier alpha value is -1.82. The highest BCUT2D eigenvalue weighted by molar-refractivity contribution is 5.94. The van der Waals surface area contributed by atoms with Crippen LogP contribution in [0.25, 0.3) is 0 Å². The van der Waals surface area contributed by atoms with Crippen LogP contribution in [0.1, 0.15) is 36.0 Å². The van der Waals surface area contributed by atoms with E-state index in [2.05, 4.69) is 17.3 Å². The topological polar surface area (TPSA) is 78.6 Å². The number of nitrogens with zero attached hydrogens (tertiary/aromatic N) is 1. The Labute approximate surface area is 123 Å². The zero-order valence-electron chi connectivity index (χ0n) is 12.2. The Morgan fingerprint density at radius 2 is 2.14 bits per heavy atom. The molecule has 4 N–H and O–H groups in total. The Morgan fingerprint density at radius 3 is 2.76 bits per heavy atom. The molecule has 0 heterocycles. The molecule has 0 spiro atoms. The third-order valence-electron chi connectivity index (χ3n) is 4.10. The maximum Gasteiger partial charge on any atom is 0.337 e. The first-order chi connectivity index (χ1) is 9.99. The lowest BCUT2D eigenvalue weighted by Crippen LogP contribution is -2.33. The number of rotatable bonds is 6. The van der Waals surface area contributed by atoms with Crippen LogP contribution < -0.4 is 11.1 Å². The smallest absolute Gasteiger partial charge is 0.337 e. The van der Waals surface area contributed by atoms with E-state index in [1.807, 2.05) is 0 Å². The quantitative estimate of drug-likeness (QED) is 0.702. The molecule has 0 saturated heterocycles. The minimum absolute atomic E-state index is 0.0615. The van der Waals surface area contributed by atoms with Gasteiger partial charge in [0.2, 0.25) is 0 Å². The average Bonchev–Trinajstić information content (AvgIpc) is 2.94. The number of hydrogen-bond acceptors (Lipinski definition) is 4. The Bertz CT molecular complexity index is 516. The summed E-state index contributed by atoms with van der Waals surface area (Å²) in [6.07, 6.45) is 4.99. The maximum absolute atomic E-state index is 13.8. The molecule has 1 aliphatic carbocycles. The third kappa shape index (κ3) is 3.85. The van der Waals surface area contributed by atoms with Gasteiger partial charge in [0.05, 0.1) is 11.3 Å². The molecule has 1 aliphatic rings. The highest BCUT2D eigenvalue weighted by Crippen LogP contribution is 2.23. The lowest BCUT2D eigenvalue weighted by atomic mass is 10.1. The Balaban J connectivity index is 1.93. The van der Waals surface area contributed by atoms with Gasteiger partial charge in [-0.25, -0.2) is 9.18 Å². The summed E-state index contributed by atoms with van der Waals surface area (Å²) in [6, 6.07) is 2.91. The molecule has 1 saturated carbocycles. The number of aromatic carboxylic acids is 1. The molecule has 5 nitrogen and oxygen atoms in total. The lowest BCUT2D eigenvalue weighted by molar-refractivity contribution is 0.0698. The molecule has 1 fully saturated rings. The first kappa shape index (κ1) is 15.6. The number of anilines is 2. The van der Waals surface area contributed by atoms with E-state index < -0.39 is 11.8 Å². The van der Waals surface area contributed by atoms with Gasteiger partial charge in [0.1, 0.15) is 5.82 Å². The molecule has 0 radical (unpaired) electrons. The maximum atomic E-state index is 13.8. The van der Waals surface area contributed by atoms with Crippen molar-refractivity contribution >= 4 is 17.3 Å². The van der Waals surface area contributed by atoms with Crippen molar-refractivity contribution in [1.82, 2.24) is 4.90 Å². The van der Waals surface area contributed by atoms with Crippen molar-refractivity contribution in [2.24, 2.45) is 0 Å². The van der Waals surface area contributed by atoms with Crippen LogP contribution in [0.15, 0.2) is 12.1 Å².